The Balaban J connectivity index is 1.51. The molecule has 4 aromatic rings. The zero-order valence-corrected chi connectivity index (χ0v) is 20.0. The molecule has 5 rings (SSSR count). The van der Waals surface area contributed by atoms with Crippen LogP contribution in [0.15, 0.2) is 76.2 Å². The van der Waals surface area contributed by atoms with Gasteiger partial charge in [0.15, 0.2) is 5.76 Å². The Bertz CT molecular complexity index is 1480. The van der Waals surface area contributed by atoms with Crippen LogP contribution in [0, 0.1) is 0 Å². The van der Waals surface area contributed by atoms with Crippen LogP contribution in [0.3, 0.4) is 0 Å². The van der Waals surface area contributed by atoms with Crippen LogP contribution >= 0.6 is 0 Å². The van der Waals surface area contributed by atoms with E-state index in [4.69, 9.17) is 9.15 Å². The Morgan fingerprint density at radius 2 is 1.83 bits per heavy atom. The standard InChI is InChI=1S/C26H25N3O5S/c1-33-24-12-11-18(16-25(24)35(31,32)29-13-5-2-6-14-29)27-26(30)20-17-22(23-10-7-15-34-23)28-21-9-4-3-8-19(20)21/h3-4,7-12,15-17H,2,5-6,13-14H2,1H3,(H,27,30). The molecule has 0 saturated carbocycles. The zero-order chi connectivity index (χ0) is 24.4. The molecular weight excluding hydrogens is 466 g/mol. The number of piperidine rings is 1. The summed E-state index contributed by atoms with van der Waals surface area (Å²) in [5.41, 5.74) is 1.93. The van der Waals surface area contributed by atoms with Crippen LogP contribution in [0.1, 0.15) is 29.6 Å². The van der Waals surface area contributed by atoms with E-state index < -0.39 is 10.0 Å². The van der Waals surface area contributed by atoms with E-state index in [9.17, 15) is 13.2 Å². The normalized spacial score (nSPS) is 14.7. The number of carbonyl (C=O) groups excluding carboxylic acids is 1. The molecule has 0 aliphatic carbocycles. The number of sulfonamides is 1. The second-order valence-corrected chi connectivity index (χ2v) is 10.2. The van der Waals surface area contributed by atoms with Crippen LogP contribution in [0.2, 0.25) is 0 Å². The van der Waals surface area contributed by atoms with Crippen LogP contribution < -0.4 is 10.1 Å². The molecule has 1 aliphatic rings. The number of rotatable bonds is 6. The molecular formula is C26H25N3O5S. The van der Waals surface area contributed by atoms with E-state index in [1.807, 2.05) is 24.3 Å². The predicted molar refractivity (Wildman–Crippen MR) is 133 cm³/mol. The summed E-state index contributed by atoms with van der Waals surface area (Å²) in [5, 5.41) is 3.53. The summed E-state index contributed by atoms with van der Waals surface area (Å²) in [6.45, 7) is 0.946. The van der Waals surface area contributed by atoms with Gasteiger partial charge in [-0.15, -0.1) is 0 Å². The molecule has 2 aromatic heterocycles. The average molecular weight is 492 g/mol. The number of amides is 1. The van der Waals surface area contributed by atoms with Gasteiger partial charge in [-0.05, 0) is 55.3 Å². The third kappa shape index (κ3) is 4.52. The number of hydrogen-bond acceptors (Lipinski definition) is 6. The number of aromatic nitrogens is 1. The number of ether oxygens (including phenoxy) is 1. The van der Waals surface area contributed by atoms with Gasteiger partial charge in [0.2, 0.25) is 10.0 Å². The fourth-order valence-corrected chi connectivity index (χ4v) is 6.01. The molecule has 1 saturated heterocycles. The highest BCUT2D eigenvalue weighted by Crippen LogP contribution is 2.32. The van der Waals surface area contributed by atoms with Crippen LogP contribution in [-0.2, 0) is 10.0 Å². The highest BCUT2D eigenvalue weighted by molar-refractivity contribution is 7.89. The maximum absolute atomic E-state index is 13.4. The molecule has 1 fully saturated rings. The van der Waals surface area contributed by atoms with Crippen LogP contribution in [0.5, 0.6) is 5.75 Å². The number of methoxy groups -OCH3 is 1. The van der Waals surface area contributed by atoms with Gasteiger partial charge in [-0.3, -0.25) is 4.79 Å². The molecule has 0 atom stereocenters. The minimum atomic E-state index is -3.76. The van der Waals surface area contributed by atoms with Gasteiger partial charge in [-0.2, -0.15) is 4.31 Å². The minimum Gasteiger partial charge on any atom is -0.495 e. The van der Waals surface area contributed by atoms with Crippen molar-refractivity contribution in [1.82, 2.24) is 9.29 Å². The van der Waals surface area contributed by atoms with Gasteiger partial charge in [-0.25, -0.2) is 13.4 Å². The van der Waals surface area contributed by atoms with Gasteiger partial charge in [0.05, 0.1) is 24.5 Å². The highest BCUT2D eigenvalue weighted by Gasteiger charge is 2.29. The van der Waals surface area contributed by atoms with Crippen LogP contribution in [0.25, 0.3) is 22.4 Å². The Morgan fingerprint density at radius 1 is 1.03 bits per heavy atom. The molecule has 2 aromatic carbocycles. The summed E-state index contributed by atoms with van der Waals surface area (Å²) < 4.78 is 39.0. The Morgan fingerprint density at radius 3 is 2.57 bits per heavy atom. The molecule has 0 bridgehead atoms. The molecule has 9 heteroatoms. The van der Waals surface area contributed by atoms with Gasteiger partial charge in [-0.1, -0.05) is 24.6 Å². The fourth-order valence-electron chi connectivity index (χ4n) is 4.31. The monoisotopic (exact) mass is 491 g/mol. The highest BCUT2D eigenvalue weighted by atomic mass is 32.2. The predicted octanol–water partition coefficient (Wildman–Crippen LogP) is 4.93. The third-order valence-corrected chi connectivity index (χ3v) is 8.01. The molecule has 0 spiro atoms. The van der Waals surface area contributed by atoms with E-state index in [1.54, 1.807) is 36.6 Å². The number of hydrogen-bond donors (Lipinski definition) is 1. The van der Waals surface area contributed by atoms with Crippen molar-refractivity contribution in [3.8, 4) is 17.2 Å². The average Bonchev–Trinajstić information content (AvgIpc) is 3.44. The summed E-state index contributed by atoms with van der Waals surface area (Å²) >= 11 is 0. The summed E-state index contributed by atoms with van der Waals surface area (Å²) in [6, 6.07) is 17.2. The summed E-state index contributed by atoms with van der Waals surface area (Å²) in [4.78, 5) is 18.1. The van der Waals surface area contributed by atoms with Crippen molar-refractivity contribution < 1.29 is 22.4 Å². The first-order chi connectivity index (χ1) is 17.0. The van der Waals surface area contributed by atoms with E-state index in [0.29, 0.717) is 46.7 Å². The van der Waals surface area contributed by atoms with E-state index in [1.165, 1.54) is 17.5 Å². The SMILES string of the molecule is COc1ccc(NC(=O)c2cc(-c3ccco3)nc3ccccc23)cc1S(=O)(=O)N1CCCCC1. The molecule has 3 heterocycles. The quantitative estimate of drug-likeness (QED) is 0.410. The van der Waals surface area contributed by atoms with Gasteiger partial charge in [0.25, 0.3) is 5.91 Å². The van der Waals surface area contributed by atoms with Crippen molar-refractivity contribution in [3.63, 3.8) is 0 Å². The lowest BCUT2D eigenvalue weighted by Gasteiger charge is -2.26. The summed E-state index contributed by atoms with van der Waals surface area (Å²) in [7, 11) is -2.33. The Kier molecular flexibility index (Phi) is 6.27. The molecule has 0 radical (unpaired) electrons. The number of pyridine rings is 1. The lowest BCUT2D eigenvalue weighted by atomic mass is 10.1. The van der Waals surface area contributed by atoms with Crippen LogP contribution in [0.4, 0.5) is 5.69 Å². The minimum absolute atomic E-state index is 0.0376. The van der Waals surface area contributed by atoms with Gasteiger partial charge >= 0.3 is 0 Å². The van der Waals surface area contributed by atoms with E-state index in [0.717, 1.165) is 19.3 Å². The number of nitrogens with zero attached hydrogens (tertiary/aromatic N) is 2. The number of carbonyl (C=O) groups is 1. The fraction of sp³-hybridized carbons (Fsp3) is 0.231. The maximum Gasteiger partial charge on any atom is 0.256 e. The first-order valence-corrected chi connectivity index (χ1v) is 12.8. The molecule has 8 nitrogen and oxygen atoms in total. The topological polar surface area (TPSA) is 102 Å². The molecule has 1 N–H and O–H groups in total. The molecule has 35 heavy (non-hydrogen) atoms. The molecule has 1 amide bonds. The second-order valence-electron chi connectivity index (χ2n) is 8.33. The maximum atomic E-state index is 13.4. The van der Waals surface area contributed by atoms with Crippen LogP contribution in [-0.4, -0.2) is 43.8 Å². The van der Waals surface area contributed by atoms with E-state index in [-0.39, 0.29) is 16.6 Å². The van der Waals surface area contributed by atoms with Crippen molar-refractivity contribution in [2.24, 2.45) is 0 Å². The number of benzene rings is 2. The van der Waals surface area contributed by atoms with Crippen molar-refractivity contribution in [3.05, 3.63) is 72.5 Å². The number of furan rings is 1. The first kappa shape index (κ1) is 23.1. The largest absolute Gasteiger partial charge is 0.495 e. The first-order valence-electron chi connectivity index (χ1n) is 11.4. The lowest BCUT2D eigenvalue weighted by molar-refractivity contribution is 0.102. The van der Waals surface area contributed by atoms with E-state index >= 15 is 0 Å². The third-order valence-electron chi connectivity index (χ3n) is 6.09. The lowest BCUT2D eigenvalue weighted by Crippen LogP contribution is -2.35. The van der Waals surface area contributed by atoms with Gasteiger partial charge < -0.3 is 14.5 Å². The smallest absolute Gasteiger partial charge is 0.256 e. The molecule has 0 unspecified atom stereocenters. The van der Waals surface area contributed by atoms with Crippen molar-refractivity contribution in [2.45, 2.75) is 24.2 Å². The van der Waals surface area contributed by atoms with Gasteiger partial charge in [0, 0.05) is 24.2 Å². The van der Waals surface area contributed by atoms with E-state index in [2.05, 4.69) is 10.3 Å². The number of fused-ring (bicyclic) bond motifs is 1. The Labute approximate surface area is 203 Å². The second kappa shape index (κ2) is 9.52. The van der Waals surface area contributed by atoms with Crippen molar-refractivity contribution in [1.29, 1.82) is 0 Å². The van der Waals surface area contributed by atoms with Crippen molar-refractivity contribution in [2.75, 3.05) is 25.5 Å². The molecule has 180 valence electrons. The molecule has 1 aliphatic heterocycles. The summed E-state index contributed by atoms with van der Waals surface area (Å²) in [6.07, 6.45) is 4.21. The Hall–Kier alpha value is -3.69. The zero-order valence-electron chi connectivity index (χ0n) is 19.2. The van der Waals surface area contributed by atoms with Crippen molar-refractivity contribution >= 4 is 32.5 Å². The summed E-state index contributed by atoms with van der Waals surface area (Å²) in [5.74, 6) is 0.398. The number of para-hydroxylation sites is 1. The van der Waals surface area contributed by atoms with Gasteiger partial charge in [0.1, 0.15) is 16.3 Å². The number of nitrogens with one attached hydrogen (secondary N) is 1. The number of anilines is 1.